The largest absolute Gasteiger partial charge is 0.491 e. The molecule has 6 rings (SSSR count). The summed E-state index contributed by atoms with van der Waals surface area (Å²) in [6.07, 6.45) is 0.723. The van der Waals surface area contributed by atoms with Crippen LogP contribution in [0.25, 0.3) is 10.9 Å². The first-order valence-corrected chi connectivity index (χ1v) is 18.8. The number of rotatable bonds is 11. The maximum Gasteiger partial charge on any atom is 0.407 e. The number of benzene rings is 2. The molecule has 16 heteroatoms. The summed E-state index contributed by atoms with van der Waals surface area (Å²) >= 11 is 0. The van der Waals surface area contributed by atoms with Gasteiger partial charge in [-0.2, -0.15) is 4.31 Å². The molecular weight excluding hydrogens is 669 g/mol. The van der Waals surface area contributed by atoms with Crippen molar-refractivity contribution < 1.29 is 45.7 Å². The highest BCUT2D eigenvalue weighted by Gasteiger charge is 2.47. The van der Waals surface area contributed by atoms with Crippen LogP contribution in [-0.4, -0.2) is 103 Å². The lowest BCUT2D eigenvalue weighted by Gasteiger charge is -2.38. The third kappa shape index (κ3) is 6.55. The lowest BCUT2D eigenvalue weighted by Crippen LogP contribution is -2.49. The van der Waals surface area contributed by atoms with Crippen molar-refractivity contribution in [2.24, 2.45) is 0 Å². The maximum absolute atomic E-state index is 14.5. The number of sulfonamides is 1. The molecule has 2 aliphatic heterocycles. The Bertz CT molecular complexity index is 1990. The zero-order valence-electron chi connectivity index (χ0n) is 26.3. The van der Waals surface area contributed by atoms with Crippen molar-refractivity contribution in [3.63, 3.8) is 0 Å². The fourth-order valence-electron chi connectivity index (χ4n) is 6.63. The number of para-hydroxylation sites is 1. The van der Waals surface area contributed by atoms with Crippen LogP contribution in [0.5, 0.6) is 5.75 Å². The smallest absolute Gasteiger partial charge is 0.407 e. The Hall–Kier alpha value is -3.57. The number of aryl methyl sites for hydroxylation is 1. The van der Waals surface area contributed by atoms with E-state index < -0.39 is 59.8 Å². The molecule has 2 aromatic carbocycles. The monoisotopic (exact) mass is 707 g/mol. The van der Waals surface area contributed by atoms with Gasteiger partial charge in [0.25, 0.3) is 0 Å². The van der Waals surface area contributed by atoms with E-state index in [2.05, 4.69) is 0 Å². The molecule has 0 unspecified atom stereocenters. The van der Waals surface area contributed by atoms with Gasteiger partial charge in [0, 0.05) is 25.8 Å². The van der Waals surface area contributed by atoms with E-state index in [4.69, 9.17) is 9.47 Å². The number of carboxylic acid groups (broad SMARTS) is 1. The number of ether oxygens (including phenoxy) is 2. The molecule has 3 fully saturated rings. The van der Waals surface area contributed by atoms with Crippen LogP contribution >= 0.6 is 0 Å². The van der Waals surface area contributed by atoms with Crippen LogP contribution in [0.2, 0.25) is 0 Å². The number of carbonyl (C=O) groups is 1. The number of aliphatic hydroxyl groups is 1. The fraction of sp³-hybridized carbons (Fsp3) is 0.500. The van der Waals surface area contributed by atoms with Gasteiger partial charge in [0.1, 0.15) is 29.2 Å². The summed E-state index contributed by atoms with van der Waals surface area (Å²) in [5, 5.41) is 20.3. The Morgan fingerprint density at radius 3 is 2.52 bits per heavy atom. The molecule has 1 aromatic heterocycles. The van der Waals surface area contributed by atoms with E-state index in [1.54, 1.807) is 19.1 Å². The summed E-state index contributed by atoms with van der Waals surface area (Å²) in [7, 11) is -7.67. The minimum Gasteiger partial charge on any atom is -0.491 e. The number of aliphatic hydroxyl groups excluding tert-OH is 1. The standard InChI is InChI=1S/C32H38FN3O10S2/c1-2-34-18-28(30(38)26-7-4-8-27(33)29(26)34)48(43,44)35-13-11-32(12-14-35)16-21(19-46-32)36(31(39)40)17-22(37)20-45-23-5-3-6-25(15-23)47(41,42)24-9-10-24/h3-8,15,18,21-22,24,37H,2,9-14,16-17,19-20H2,1H3,(H,39,40)/t21-,22+/m1/s1. The Morgan fingerprint density at radius 1 is 1.15 bits per heavy atom. The number of sulfone groups is 1. The molecule has 3 aliphatic rings. The predicted molar refractivity (Wildman–Crippen MR) is 172 cm³/mol. The van der Waals surface area contributed by atoms with Gasteiger partial charge in [0.2, 0.25) is 15.5 Å². The summed E-state index contributed by atoms with van der Waals surface area (Å²) in [6, 6.07) is 9.38. The zero-order valence-corrected chi connectivity index (χ0v) is 28.0. The molecule has 48 heavy (non-hydrogen) atoms. The van der Waals surface area contributed by atoms with Gasteiger partial charge in [0.15, 0.2) is 9.84 Å². The molecule has 1 spiro atoms. The molecule has 2 N–H and O–H groups in total. The van der Waals surface area contributed by atoms with E-state index in [1.165, 1.54) is 45.4 Å². The lowest BCUT2D eigenvalue weighted by atomic mass is 9.88. The van der Waals surface area contributed by atoms with Crippen LogP contribution in [0.15, 0.2) is 63.2 Å². The van der Waals surface area contributed by atoms with Crippen LogP contribution in [-0.2, 0) is 31.1 Å². The topological polar surface area (TPSA) is 173 Å². The number of halogens is 1. The number of hydrogen-bond acceptors (Lipinski definition) is 9. The summed E-state index contributed by atoms with van der Waals surface area (Å²) in [4.78, 5) is 26.3. The first-order valence-electron chi connectivity index (χ1n) is 15.9. The van der Waals surface area contributed by atoms with Crippen LogP contribution in [0, 0.1) is 5.82 Å². The average Bonchev–Trinajstić information content (AvgIpc) is 3.86. The van der Waals surface area contributed by atoms with Gasteiger partial charge in [-0.1, -0.05) is 12.1 Å². The van der Waals surface area contributed by atoms with Gasteiger partial charge in [-0.3, -0.25) is 4.79 Å². The van der Waals surface area contributed by atoms with Gasteiger partial charge in [-0.25, -0.2) is 26.0 Å². The molecule has 2 atom stereocenters. The van der Waals surface area contributed by atoms with Gasteiger partial charge in [-0.15, -0.1) is 0 Å². The SMILES string of the molecule is CCn1cc(S(=O)(=O)N2CCC3(CC2)C[C@@H](N(C[C@H](O)COc2cccc(S(=O)(=O)C4CC4)c2)C(=O)O)CO3)c(=O)c2cccc(F)c21. The molecule has 260 valence electrons. The maximum atomic E-state index is 14.5. The third-order valence-corrected chi connectivity index (χ3v) is 13.6. The molecule has 13 nitrogen and oxygen atoms in total. The van der Waals surface area contributed by atoms with Crippen molar-refractivity contribution in [1.82, 2.24) is 13.8 Å². The van der Waals surface area contributed by atoms with Crippen LogP contribution in [0.3, 0.4) is 0 Å². The van der Waals surface area contributed by atoms with Crippen molar-refractivity contribution in [3.05, 3.63) is 64.7 Å². The Kier molecular flexibility index (Phi) is 9.32. The number of pyridine rings is 1. The number of aromatic nitrogens is 1. The second-order valence-corrected chi connectivity index (χ2v) is 16.8. The van der Waals surface area contributed by atoms with Crippen molar-refractivity contribution >= 4 is 36.9 Å². The van der Waals surface area contributed by atoms with Gasteiger partial charge in [0.05, 0.1) is 45.8 Å². The van der Waals surface area contributed by atoms with Gasteiger partial charge in [-0.05, 0) is 69.4 Å². The minimum absolute atomic E-state index is 0.0234. The van der Waals surface area contributed by atoms with E-state index in [9.17, 15) is 41.0 Å². The number of hydrogen-bond donors (Lipinski definition) is 2. The van der Waals surface area contributed by atoms with Crippen LogP contribution in [0.4, 0.5) is 9.18 Å². The highest BCUT2D eigenvalue weighted by atomic mass is 32.2. The van der Waals surface area contributed by atoms with E-state index in [-0.39, 0.29) is 85.5 Å². The average molecular weight is 708 g/mol. The lowest BCUT2D eigenvalue weighted by molar-refractivity contribution is -0.0319. The summed E-state index contributed by atoms with van der Waals surface area (Å²) in [5.41, 5.74) is -1.53. The Morgan fingerprint density at radius 2 is 1.85 bits per heavy atom. The van der Waals surface area contributed by atoms with Gasteiger partial charge >= 0.3 is 6.09 Å². The third-order valence-electron chi connectivity index (χ3n) is 9.43. The molecule has 1 amide bonds. The Labute approximate surface area is 277 Å². The normalized spacial score (nSPS) is 20.6. The van der Waals surface area contributed by atoms with Crippen molar-refractivity contribution in [3.8, 4) is 5.75 Å². The minimum atomic E-state index is -4.24. The molecule has 0 bridgehead atoms. The summed E-state index contributed by atoms with van der Waals surface area (Å²) < 4.78 is 81.3. The highest BCUT2D eigenvalue weighted by molar-refractivity contribution is 7.92. The van der Waals surface area contributed by atoms with Crippen LogP contribution in [0.1, 0.15) is 39.0 Å². The molecule has 1 aliphatic carbocycles. The predicted octanol–water partition coefficient (Wildman–Crippen LogP) is 2.83. The highest BCUT2D eigenvalue weighted by Crippen LogP contribution is 2.39. The number of piperidine rings is 1. The number of fused-ring (bicyclic) bond motifs is 1. The molecular formula is C32H38FN3O10S2. The number of nitrogens with zero attached hydrogens (tertiary/aromatic N) is 3. The van der Waals surface area contributed by atoms with E-state index in [0.717, 1.165) is 4.90 Å². The first kappa shape index (κ1) is 34.3. The zero-order chi connectivity index (χ0) is 34.4. The first-order chi connectivity index (χ1) is 22.8. The second kappa shape index (κ2) is 13.0. The second-order valence-electron chi connectivity index (χ2n) is 12.6. The van der Waals surface area contributed by atoms with Crippen LogP contribution < -0.4 is 10.2 Å². The number of amides is 1. The van der Waals surface area contributed by atoms with Gasteiger partial charge < -0.3 is 29.2 Å². The van der Waals surface area contributed by atoms with E-state index >= 15 is 0 Å². The molecule has 3 heterocycles. The Balaban J connectivity index is 1.08. The fourth-order valence-corrected chi connectivity index (χ4v) is 9.87. The molecule has 1 saturated carbocycles. The van der Waals surface area contributed by atoms with E-state index in [0.29, 0.717) is 12.8 Å². The van der Waals surface area contributed by atoms with Crippen molar-refractivity contribution in [1.29, 1.82) is 0 Å². The molecule has 2 saturated heterocycles. The van der Waals surface area contributed by atoms with E-state index in [1.807, 2.05) is 0 Å². The molecule has 3 aromatic rings. The molecule has 0 radical (unpaired) electrons. The van der Waals surface area contributed by atoms with Crippen molar-refractivity contribution in [2.45, 2.75) is 78.4 Å². The summed E-state index contributed by atoms with van der Waals surface area (Å²) in [5.74, 6) is -0.378. The summed E-state index contributed by atoms with van der Waals surface area (Å²) in [6.45, 7) is 1.51. The quantitative estimate of drug-likeness (QED) is 0.302. The van der Waals surface area contributed by atoms with Crippen molar-refractivity contribution in [2.75, 3.05) is 32.8 Å².